The van der Waals surface area contributed by atoms with Crippen LogP contribution in [0.3, 0.4) is 0 Å². The van der Waals surface area contributed by atoms with E-state index in [4.69, 9.17) is 0 Å². The van der Waals surface area contributed by atoms with Gasteiger partial charge in [0.2, 0.25) is 0 Å². The molecule has 0 saturated carbocycles. The lowest BCUT2D eigenvalue weighted by Crippen LogP contribution is -2.37. The first-order chi connectivity index (χ1) is 25.6. The Morgan fingerprint density at radius 3 is 0.849 bits per heavy atom. The zero-order valence-corrected chi connectivity index (χ0v) is 33.3. The van der Waals surface area contributed by atoms with Crippen LogP contribution in [0.25, 0.3) is 82.5 Å². The van der Waals surface area contributed by atoms with Crippen LogP contribution in [0.4, 0.5) is 0 Å². The van der Waals surface area contributed by atoms with Crippen molar-refractivity contribution in [1.82, 2.24) is 13.7 Å². The van der Waals surface area contributed by atoms with Crippen LogP contribution in [0, 0.1) is 0 Å². The molecule has 0 aliphatic carbocycles. The Labute approximate surface area is 312 Å². The molecular weight excluding hydrogens is 675 g/mol. The summed E-state index contributed by atoms with van der Waals surface area (Å²) in [6.45, 7) is 14.6. The van der Waals surface area contributed by atoms with E-state index in [1.807, 2.05) is 0 Å². The summed E-state index contributed by atoms with van der Waals surface area (Å²) in [5, 5.41) is 10.7. The smallest absolute Gasteiger partial charge is 0.0776 e. The van der Waals surface area contributed by atoms with Crippen molar-refractivity contribution in [1.29, 1.82) is 0 Å². The Hall–Kier alpha value is -5.63. The molecule has 3 nitrogen and oxygen atoms in total. The fourth-order valence-corrected chi connectivity index (χ4v) is 10.9. The lowest BCUT2D eigenvalue weighted by atomic mass is 10.1. The van der Waals surface area contributed by atoms with Crippen LogP contribution in [0.1, 0.15) is 0 Å². The summed E-state index contributed by atoms with van der Waals surface area (Å²) in [7, 11) is -3.07. The molecule has 0 N–H and O–H groups in total. The maximum Gasteiger partial charge on any atom is 0.0776 e. The molecule has 0 amide bonds. The van der Waals surface area contributed by atoms with Gasteiger partial charge in [-0.05, 0) is 54.6 Å². The van der Waals surface area contributed by atoms with Crippen molar-refractivity contribution < 1.29 is 0 Å². The predicted molar refractivity (Wildman–Crippen MR) is 235 cm³/mol. The van der Waals surface area contributed by atoms with E-state index >= 15 is 0 Å². The van der Waals surface area contributed by atoms with Gasteiger partial charge in [-0.15, -0.1) is 0 Å². The Morgan fingerprint density at radius 1 is 0.283 bits per heavy atom. The average Bonchev–Trinajstić information content (AvgIpc) is 3.79. The molecule has 5 heteroatoms. The molecule has 258 valence electrons. The highest BCUT2D eigenvalue weighted by molar-refractivity contribution is 6.89. The van der Waals surface area contributed by atoms with Gasteiger partial charge in [-0.3, -0.25) is 0 Å². The number of fused-ring (bicyclic) bond motifs is 9. The number of aromatic nitrogens is 3. The summed E-state index contributed by atoms with van der Waals surface area (Å²) in [5.41, 5.74) is 10.8. The minimum absolute atomic E-state index is 1.14. The summed E-state index contributed by atoms with van der Waals surface area (Å²) in [6.07, 6.45) is 0. The van der Waals surface area contributed by atoms with Gasteiger partial charge in [0.15, 0.2) is 0 Å². The number of hydrogen-bond donors (Lipinski definition) is 0. The zero-order chi connectivity index (χ0) is 36.2. The van der Waals surface area contributed by atoms with Gasteiger partial charge in [-0.2, -0.15) is 0 Å². The largest absolute Gasteiger partial charge is 0.309 e. The van der Waals surface area contributed by atoms with Gasteiger partial charge in [-0.1, -0.05) is 147 Å². The second-order valence-electron chi connectivity index (χ2n) is 16.7. The summed E-state index contributed by atoms with van der Waals surface area (Å²) in [4.78, 5) is 0. The second kappa shape index (κ2) is 11.4. The molecule has 0 aliphatic heterocycles. The van der Waals surface area contributed by atoms with Crippen LogP contribution in [-0.2, 0) is 0 Å². The normalized spacial score (nSPS) is 12.7. The molecular formula is C48H43N3Si2. The number of rotatable bonds is 5. The highest BCUT2D eigenvalue weighted by Crippen LogP contribution is 2.39. The van der Waals surface area contributed by atoms with Gasteiger partial charge in [0, 0.05) is 32.3 Å². The van der Waals surface area contributed by atoms with Crippen molar-refractivity contribution in [2.24, 2.45) is 0 Å². The molecule has 3 heterocycles. The van der Waals surface area contributed by atoms with E-state index in [0.29, 0.717) is 0 Å². The first-order valence-electron chi connectivity index (χ1n) is 18.8. The minimum Gasteiger partial charge on any atom is -0.309 e. The SMILES string of the molecule is C[Si](C)(C)c1ccc2c(c1)c1ccccc1n2-c1cc(-n2c3ccccc3c3ccccc32)cc(-n2c3ccccc3c3cc([Si](C)(C)C)ccc32)c1. The number of benzene rings is 7. The maximum atomic E-state index is 2.50. The molecule has 53 heavy (non-hydrogen) atoms. The van der Waals surface area contributed by atoms with Crippen molar-refractivity contribution in [3.63, 3.8) is 0 Å². The Bertz CT molecular complexity index is 2880. The van der Waals surface area contributed by atoms with Crippen LogP contribution in [0.5, 0.6) is 0 Å². The molecule has 0 atom stereocenters. The van der Waals surface area contributed by atoms with Crippen LogP contribution >= 0.6 is 0 Å². The third-order valence-electron chi connectivity index (χ3n) is 11.3. The van der Waals surface area contributed by atoms with Crippen molar-refractivity contribution >= 4 is 91.9 Å². The average molecular weight is 718 g/mol. The van der Waals surface area contributed by atoms with Crippen molar-refractivity contribution in [2.45, 2.75) is 39.3 Å². The highest BCUT2D eigenvalue weighted by Gasteiger charge is 2.23. The van der Waals surface area contributed by atoms with E-state index in [2.05, 4.69) is 205 Å². The van der Waals surface area contributed by atoms with Crippen LogP contribution in [-0.4, -0.2) is 29.8 Å². The van der Waals surface area contributed by atoms with Gasteiger partial charge < -0.3 is 13.7 Å². The zero-order valence-electron chi connectivity index (χ0n) is 31.3. The molecule has 0 aliphatic rings. The van der Waals surface area contributed by atoms with Crippen molar-refractivity contribution in [2.75, 3.05) is 0 Å². The Morgan fingerprint density at radius 2 is 0.547 bits per heavy atom. The lowest BCUT2D eigenvalue weighted by Gasteiger charge is -2.19. The number of nitrogens with zero attached hydrogens (tertiary/aromatic N) is 3. The molecule has 3 aromatic heterocycles. The van der Waals surface area contributed by atoms with Gasteiger partial charge >= 0.3 is 0 Å². The molecule has 0 saturated heterocycles. The lowest BCUT2D eigenvalue weighted by molar-refractivity contribution is 1.10. The van der Waals surface area contributed by atoms with E-state index in [9.17, 15) is 0 Å². The molecule has 7 aromatic carbocycles. The second-order valence-corrected chi connectivity index (χ2v) is 26.9. The van der Waals surface area contributed by atoms with Gasteiger partial charge in [0.1, 0.15) is 0 Å². The van der Waals surface area contributed by atoms with Crippen LogP contribution in [0.15, 0.2) is 152 Å². The molecule has 0 fully saturated rings. The summed E-state index contributed by atoms with van der Waals surface area (Å²) >= 11 is 0. The minimum atomic E-state index is -1.53. The van der Waals surface area contributed by atoms with Gasteiger partial charge in [0.05, 0.1) is 66.3 Å². The molecule has 0 spiro atoms. The van der Waals surface area contributed by atoms with Crippen LogP contribution in [0.2, 0.25) is 39.3 Å². The monoisotopic (exact) mass is 717 g/mol. The fraction of sp³-hybridized carbons (Fsp3) is 0.125. The molecule has 0 bridgehead atoms. The third-order valence-corrected chi connectivity index (χ3v) is 15.4. The topological polar surface area (TPSA) is 14.8 Å². The van der Waals surface area contributed by atoms with E-state index in [-0.39, 0.29) is 0 Å². The van der Waals surface area contributed by atoms with E-state index in [1.54, 1.807) is 0 Å². The quantitative estimate of drug-likeness (QED) is 0.157. The molecule has 10 rings (SSSR count). The number of para-hydroxylation sites is 4. The van der Waals surface area contributed by atoms with E-state index < -0.39 is 16.1 Å². The predicted octanol–water partition coefficient (Wildman–Crippen LogP) is 12.1. The molecule has 0 radical (unpaired) electrons. The highest BCUT2D eigenvalue weighted by atomic mass is 28.3. The van der Waals surface area contributed by atoms with E-state index in [0.717, 1.165) is 17.1 Å². The van der Waals surface area contributed by atoms with Crippen molar-refractivity contribution in [3.05, 3.63) is 152 Å². The fourth-order valence-electron chi connectivity index (χ4n) is 8.60. The molecule has 10 aromatic rings. The Balaban J connectivity index is 1.35. The molecule has 0 unspecified atom stereocenters. The van der Waals surface area contributed by atoms with Gasteiger partial charge in [-0.25, -0.2) is 0 Å². The summed E-state index contributed by atoms with van der Waals surface area (Å²) < 4.78 is 7.46. The van der Waals surface area contributed by atoms with E-state index in [1.165, 1.54) is 75.8 Å². The van der Waals surface area contributed by atoms with Gasteiger partial charge in [0.25, 0.3) is 0 Å². The summed E-state index contributed by atoms with van der Waals surface area (Å²) in [5.74, 6) is 0. The maximum absolute atomic E-state index is 2.50. The van der Waals surface area contributed by atoms with Crippen molar-refractivity contribution in [3.8, 4) is 17.1 Å². The summed E-state index contributed by atoms with van der Waals surface area (Å²) in [6, 6.07) is 57.2. The van der Waals surface area contributed by atoms with Crippen LogP contribution < -0.4 is 10.4 Å². The third kappa shape index (κ3) is 4.91. The first-order valence-corrected chi connectivity index (χ1v) is 25.8. The first kappa shape index (κ1) is 32.1. The standard InChI is InChI=1S/C48H43N3Si2/c1-52(2,3)35-23-25-47-41(30-35)39-17-9-13-21-45(39)50(47)33-27-32(49-43-19-11-7-15-37(43)38-16-8-12-20-44(38)49)28-34(29-33)51-46-22-14-10-18-40(46)42-31-36(53(4,5)6)24-26-48(42)51/h7-31H,1-6H3. The number of hydrogen-bond acceptors (Lipinski definition) is 0. The Kier molecular flexibility index (Phi) is 6.92.